The van der Waals surface area contributed by atoms with Crippen molar-refractivity contribution in [1.29, 1.82) is 5.26 Å². The highest BCUT2D eigenvalue weighted by atomic mass is 16.3. The van der Waals surface area contributed by atoms with E-state index in [1.807, 2.05) is 48.0 Å². The number of pyridine rings is 1. The summed E-state index contributed by atoms with van der Waals surface area (Å²) in [6, 6.07) is 18.6. The Hall–Kier alpha value is -4.15. The summed E-state index contributed by atoms with van der Waals surface area (Å²) in [5.41, 5.74) is 5.29. The fraction of sp³-hybridized carbons (Fsp3) is 0.192. The fourth-order valence-electron chi connectivity index (χ4n) is 4.15. The minimum absolute atomic E-state index is 0.0190. The Labute approximate surface area is 191 Å². The maximum Gasteiger partial charge on any atom is 0.257 e. The zero-order chi connectivity index (χ0) is 22.9. The van der Waals surface area contributed by atoms with Gasteiger partial charge in [0.25, 0.3) is 5.91 Å². The molecular weight excluding hydrogens is 414 g/mol. The van der Waals surface area contributed by atoms with Crippen molar-refractivity contribution in [2.45, 2.75) is 0 Å². The van der Waals surface area contributed by atoms with Gasteiger partial charge in [0.2, 0.25) is 0 Å². The molecule has 164 valence electrons. The summed E-state index contributed by atoms with van der Waals surface area (Å²) in [7, 11) is 2.04. The van der Waals surface area contributed by atoms with Crippen LogP contribution in [0.15, 0.2) is 67.0 Å². The second-order valence-electron chi connectivity index (χ2n) is 8.31. The van der Waals surface area contributed by atoms with Crippen molar-refractivity contribution >= 4 is 11.6 Å². The Morgan fingerprint density at radius 2 is 1.67 bits per heavy atom. The van der Waals surface area contributed by atoms with Crippen molar-refractivity contribution < 1.29 is 9.90 Å². The van der Waals surface area contributed by atoms with Gasteiger partial charge < -0.3 is 14.9 Å². The molecule has 0 atom stereocenters. The monoisotopic (exact) mass is 437 g/mol. The quantitative estimate of drug-likeness (QED) is 0.529. The molecule has 0 unspecified atom stereocenters. The zero-order valence-corrected chi connectivity index (χ0v) is 18.3. The van der Waals surface area contributed by atoms with Gasteiger partial charge in [-0.1, -0.05) is 18.2 Å². The van der Waals surface area contributed by atoms with Crippen molar-refractivity contribution in [3.8, 4) is 34.2 Å². The largest absolute Gasteiger partial charge is 0.507 e. The molecule has 3 heterocycles. The van der Waals surface area contributed by atoms with Gasteiger partial charge >= 0.3 is 0 Å². The number of imidazole rings is 1. The van der Waals surface area contributed by atoms with E-state index in [9.17, 15) is 9.90 Å². The maximum atomic E-state index is 12.9. The van der Waals surface area contributed by atoms with Crippen LogP contribution in [-0.4, -0.2) is 63.4 Å². The van der Waals surface area contributed by atoms with Gasteiger partial charge in [0.05, 0.1) is 29.1 Å². The number of piperazine rings is 1. The third kappa shape index (κ3) is 3.93. The Morgan fingerprint density at radius 1 is 0.970 bits per heavy atom. The highest BCUT2D eigenvalue weighted by Crippen LogP contribution is 2.29. The molecule has 1 aliphatic heterocycles. The average molecular weight is 438 g/mol. The molecule has 7 heteroatoms. The number of phenolic OH excluding ortho intramolecular Hbond substituents is 1. The van der Waals surface area contributed by atoms with Crippen LogP contribution < -0.4 is 0 Å². The first-order valence-corrected chi connectivity index (χ1v) is 10.8. The van der Waals surface area contributed by atoms with Crippen molar-refractivity contribution in [2.24, 2.45) is 0 Å². The Kier molecular flexibility index (Phi) is 5.29. The van der Waals surface area contributed by atoms with E-state index < -0.39 is 0 Å². The zero-order valence-electron chi connectivity index (χ0n) is 18.3. The molecule has 0 radical (unpaired) electrons. The smallest absolute Gasteiger partial charge is 0.257 e. The van der Waals surface area contributed by atoms with E-state index in [1.54, 1.807) is 35.4 Å². The standard InChI is InChI=1S/C26H23N5O2/c1-29-10-12-30(13-11-29)26(33)22-8-6-20(14-24(22)32)21-7-9-25-28-16-23(31(25)17-21)19-4-2-18(15-27)3-5-19/h2-9,14,16-17,32H,10-13H2,1H3. The molecule has 1 aliphatic rings. The van der Waals surface area contributed by atoms with Gasteiger partial charge in [0, 0.05) is 37.9 Å². The first-order valence-electron chi connectivity index (χ1n) is 10.8. The Bertz CT molecular complexity index is 1380. The first-order chi connectivity index (χ1) is 16.0. The van der Waals surface area contributed by atoms with E-state index in [2.05, 4.69) is 16.0 Å². The molecule has 4 aromatic rings. The van der Waals surface area contributed by atoms with Gasteiger partial charge in [0.15, 0.2) is 0 Å². The van der Waals surface area contributed by atoms with Gasteiger partial charge in [-0.2, -0.15) is 5.26 Å². The lowest BCUT2D eigenvalue weighted by molar-refractivity contribution is 0.0661. The van der Waals surface area contributed by atoms with Crippen LogP contribution in [0.25, 0.3) is 28.0 Å². The molecule has 0 spiro atoms. The minimum Gasteiger partial charge on any atom is -0.507 e. The molecule has 1 saturated heterocycles. The Morgan fingerprint density at radius 3 is 2.36 bits per heavy atom. The van der Waals surface area contributed by atoms with Crippen LogP contribution in [0.2, 0.25) is 0 Å². The molecule has 1 amide bonds. The van der Waals surface area contributed by atoms with Crippen molar-refractivity contribution in [1.82, 2.24) is 19.2 Å². The summed E-state index contributed by atoms with van der Waals surface area (Å²) >= 11 is 0. The second kappa shape index (κ2) is 8.41. The summed E-state index contributed by atoms with van der Waals surface area (Å²) in [5.74, 6) is -0.158. The number of hydrogen-bond acceptors (Lipinski definition) is 5. The molecule has 2 aromatic heterocycles. The number of aromatic hydroxyl groups is 1. The molecule has 2 aromatic carbocycles. The molecule has 0 bridgehead atoms. The van der Waals surface area contributed by atoms with Crippen LogP contribution in [0.4, 0.5) is 0 Å². The Balaban J connectivity index is 1.46. The van der Waals surface area contributed by atoms with Crippen molar-refractivity contribution in [3.63, 3.8) is 0 Å². The van der Waals surface area contributed by atoms with Crippen molar-refractivity contribution in [3.05, 3.63) is 78.1 Å². The predicted molar refractivity (Wildman–Crippen MR) is 126 cm³/mol. The van der Waals surface area contributed by atoms with Crippen LogP contribution >= 0.6 is 0 Å². The molecule has 33 heavy (non-hydrogen) atoms. The minimum atomic E-state index is -0.139. The normalized spacial score (nSPS) is 14.4. The number of benzene rings is 2. The molecular formula is C26H23N5O2. The summed E-state index contributed by atoms with van der Waals surface area (Å²) in [6.45, 7) is 2.98. The number of fused-ring (bicyclic) bond motifs is 1. The number of likely N-dealkylation sites (N-methyl/N-ethyl adjacent to an activating group) is 1. The number of aromatic nitrogens is 2. The molecule has 0 saturated carbocycles. The van der Waals surface area contributed by atoms with Gasteiger partial charge in [-0.05, 0) is 54.6 Å². The predicted octanol–water partition coefficient (Wildman–Crippen LogP) is 3.63. The third-order valence-electron chi connectivity index (χ3n) is 6.17. The van der Waals surface area contributed by atoms with Crippen molar-refractivity contribution in [2.75, 3.05) is 33.2 Å². The second-order valence-corrected chi connectivity index (χ2v) is 8.31. The third-order valence-corrected chi connectivity index (χ3v) is 6.17. The van der Waals surface area contributed by atoms with E-state index in [-0.39, 0.29) is 11.7 Å². The van der Waals surface area contributed by atoms with Gasteiger partial charge in [-0.25, -0.2) is 4.98 Å². The number of nitriles is 1. The van der Waals surface area contributed by atoms with Gasteiger partial charge in [-0.15, -0.1) is 0 Å². The number of phenols is 1. The van der Waals surface area contributed by atoms with E-state index in [0.717, 1.165) is 41.1 Å². The lowest BCUT2D eigenvalue weighted by Gasteiger charge is -2.32. The summed E-state index contributed by atoms with van der Waals surface area (Å²) in [6.07, 6.45) is 3.77. The topological polar surface area (TPSA) is 84.9 Å². The number of hydrogen-bond donors (Lipinski definition) is 1. The number of amides is 1. The lowest BCUT2D eigenvalue weighted by Crippen LogP contribution is -2.47. The number of nitrogens with zero attached hydrogens (tertiary/aromatic N) is 5. The molecule has 1 N–H and O–H groups in total. The lowest BCUT2D eigenvalue weighted by atomic mass is 10.0. The molecule has 5 rings (SSSR count). The number of rotatable bonds is 3. The summed E-state index contributed by atoms with van der Waals surface area (Å²) in [4.78, 5) is 21.3. The van der Waals surface area contributed by atoms with E-state index in [4.69, 9.17) is 5.26 Å². The van der Waals surface area contributed by atoms with Crippen LogP contribution in [0.1, 0.15) is 15.9 Å². The van der Waals surface area contributed by atoms with E-state index >= 15 is 0 Å². The highest BCUT2D eigenvalue weighted by molar-refractivity contribution is 5.97. The number of carbonyl (C=O) groups is 1. The average Bonchev–Trinajstić information content (AvgIpc) is 3.27. The number of carbonyl (C=O) groups excluding carboxylic acids is 1. The first kappa shape index (κ1) is 20.7. The summed E-state index contributed by atoms with van der Waals surface area (Å²) < 4.78 is 1.98. The van der Waals surface area contributed by atoms with E-state index in [1.165, 1.54) is 0 Å². The molecule has 0 aliphatic carbocycles. The molecule has 7 nitrogen and oxygen atoms in total. The fourth-order valence-corrected chi connectivity index (χ4v) is 4.15. The van der Waals surface area contributed by atoms with Gasteiger partial charge in [-0.3, -0.25) is 9.20 Å². The molecule has 1 fully saturated rings. The van der Waals surface area contributed by atoms with Crippen LogP contribution in [0.5, 0.6) is 5.75 Å². The highest BCUT2D eigenvalue weighted by Gasteiger charge is 2.22. The van der Waals surface area contributed by atoms with Crippen LogP contribution in [0, 0.1) is 11.3 Å². The van der Waals surface area contributed by atoms with Crippen LogP contribution in [-0.2, 0) is 0 Å². The van der Waals surface area contributed by atoms with Gasteiger partial charge in [0.1, 0.15) is 11.4 Å². The maximum absolute atomic E-state index is 12.9. The summed E-state index contributed by atoms with van der Waals surface area (Å²) in [5, 5.41) is 19.7. The van der Waals surface area contributed by atoms with Crippen LogP contribution in [0.3, 0.4) is 0 Å². The van der Waals surface area contributed by atoms with E-state index in [0.29, 0.717) is 24.2 Å². The SMILES string of the molecule is CN1CCN(C(=O)c2ccc(-c3ccc4ncc(-c5ccc(C#N)cc5)n4c3)cc2O)CC1.